The molecular formula is C24H25N5O3. The van der Waals surface area contributed by atoms with Gasteiger partial charge >= 0.3 is 0 Å². The summed E-state index contributed by atoms with van der Waals surface area (Å²) in [6, 6.07) is 7.50. The molecule has 2 aromatic heterocycles. The number of hydrogen-bond donors (Lipinski definition) is 1. The maximum absolute atomic E-state index is 13.0. The lowest BCUT2D eigenvalue weighted by molar-refractivity contribution is 0.0734. The molecule has 2 amide bonds. The van der Waals surface area contributed by atoms with Crippen molar-refractivity contribution in [3.05, 3.63) is 92.9 Å². The Labute approximate surface area is 185 Å². The molecule has 1 aliphatic heterocycles. The number of carbonyl (C=O) groups is 2. The van der Waals surface area contributed by atoms with Gasteiger partial charge in [0.05, 0.1) is 5.69 Å². The average Bonchev–Trinajstić information content (AvgIpc) is 2.79. The van der Waals surface area contributed by atoms with Crippen LogP contribution in [0.4, 0.5) is 0 Å². The van der Waals surface area contributed by atoms with Crippen molar-refractivity contribution >= 4 is 11.8 Å². The van der Waals surface area contributed by atoms with E-state index in [-0.39, 0.29) is 17.0 Å². The minimum Gasteiger partial charge on any atom is -0.351 e. The third kappa shape index (κ3) is 4.44. The van der Waals surface area contributed by atoms with Crippen molar-refractivity contribution in [2.75, 3.05) is 13.1 Å². The lowest BCUT2D eigenvalue weighted by Gasteiger charge is -2.30. The van der Waals surface area contributed by atoms with Crippen LogP contribution in [0.25, 0.3) is 0 Å². The fourth-order valence-corrected chi connectivity index (χ4v) is 4.01. The fourth-order valence-electron chi connectivity index (χ4n) is 4.01. The number of aromatic nitrogens is 3. The van der Waals surface area contributed by atoms with E-state index < -0.39 is 5.91 Å². The van der Waals surface area contributed by atoms with Crippen LogP contribution in [0.15, 0.2) is 53.8 Å². The smallest absolute Gasteiger partial charge is 0.263 e. The van der Waals surface area contributed by atoms with Crippen LogP contribution in [0.5, 0.6) is 0 Å². The van der Waals surface area contributed by atoms with Crippen LogP contribution >= 0.6 is 0 Å². The molecule has 0 fully saturated rings. The molecule has 3 aromatic rings. The van der Waals surface area contributed by atoms with Crippen LogP contribution in [0, 0.1) is 6.92 Å². The van der Waals surface area contributed by atoms with Crippen LogP contribution in [-0.4, -0.2) is 44.3 Å². The Balaban J connectivity index is 1.53. The van der Waals surface area contributed by atoms with Crippen molar-refractivity contribution in [3.63, 3.8) is 0 Å². The third-order valence-corrected chi connectivity index (χ3v) is 5.63. The molecule has 0 saturated heterocycles. The number of aryl methyl sites for hydroxylation is 2. The van der Waals surface area contributed by atoms with Gasteiger partial charge in [-0.25, -0.2) is 0 Å². The van der Waals surface area contributed by atoms with E-state index in [0.29, 0.717) is 38.0 Å². The summed E-state index contributed by atoms with van der Waals surface area (Å²) in [5.41, 5.74) is 3.79. The van der Waals surface area contributed by atoms with E-state index in [2.05, 4.69) is 15.3 Å². The molecule has 0 aliphatic carbocycles. The topological polar surface area (TPSA) is 97.2 Å². The molecule has 0 bridgehead atoms. The first-order chi connectivity index (χ1) is 15.4. The van der Waals surface area contributed by atoms with Gasteiger partial charge in [-0.1, -0.05) is 17.7 Å². The van der Waals surface area contributed by atoms with Gasteiger partial charge in [0.15, 0.2) is 0 Å². The molecule has 32 heavy (non-hydrogen) atoms. The van der Waals surface area contributed by atoms with Gasteiger partial charge in [-0.05, 0) is 36.6 Å². The molecule has 4 rings (SSSR count). The molecule has 164 valence electrons. The highest BCUT2D eigenvalue weighted by atomic mass is 16.2. The van der Waals surface area contributed by atoms with Gasteiger partial charge in [-0.3, -0.25) is 24.4 Å². The first kappa shape index (κ1) is 21.4. The van der Waals surface area contributed by atoms with E-state index in [0.717, 1.165) is 22.4 Å². The zero-order chi connectivity index (χ0) is 22.7. The van der Waals surface area contributed by atoms with E-state index in [1.165, 1.54) is 4.57 Å². The number of hydrogen-bond acceptors (Lipinski definition) is 5. The van der Waals surface area contributed by atoms with E-state index in [1.54, 1.807) is 36.7 Å². The molecule has 0 saturated carbocycles. The maximum atomic E-state index is 13.0. The number of amides is 2. The first-order valence-corrected chi connectivity index (χ1v) is 10.5. The SMILES string of the molecule is Cc1cccc(C(=O)N2CCc3c(cn(C)c(=O)c3C(=O)NCCc3cnccn3)C2)c1. The van der Waals surface area contributed by atoms with Crippen LogP contribution in [0.3, 0.4) is 0 Å². The van der Waals surface area contributed by atoms with Gasteiger partial charge in [0.25, 0.3) is 17.4 Å². The van der Waals surface area contributed by atoms with Crippen molar-refractivity contribution in [2.24, 2.45) is 7.05 Å². The minimum atomic E-state index is -0.398. The van der Waals surface area contributed by atoms with Gasteiger partial charge in [0.1, 0.15) is 5.56 Å². The molecule has 1 aromatic carbocycles. The Hall–Kier alpha value is -3.81. The number of fused-ring (bicyclic) bond motifs is 1. The molecule has 0 spiro atoms. The van der Waals surface area contributed by atoms with Crippen molar-refractivity contribution in [2.45, 2.75) is 26.3 Å². The van der Waals surface area contributed by atoms with Crippen LogP contribution in [-0.2, 0) is 26.4 Å². The quantitative estimate of drug-likeness (QED) is 0.663. The second-order valence-corrected chi connectivity index (χ2v) is 7.97. The summed E-state index contributed by atoms with van der Waals surface area (Å²) in [6.07, 6.45) is 7.54. The van der Waals surface area contributed by atoms with Crippen molar-refractivity contribution in [3.8, 4) is 0 Å². The monoisotopic (exact) mass is 431 g/mol. The summed E-state index contributed by atoms with van der Waals surface area (Å²) < 4.78 is 1.41. The lowest BCUT2D eigenvalue weighted by atomic mass is 9.95. The van der Waals surface area contributed by atoms with Crippen molar-refractivity contribution in [1.29, 1.82) is 0 Å². The minimum absolute atomic E-state index is 0.0526. The van der Waals surface area contributed by atoms with Gasteiger partial charge in [-0.15, -0.1) is 0 Å². The molecule has 8 nitrogen and oxygen atoms in total. The Morgan fingerprint density at radius 3 is 2.81 bits per heavy atom. The predicted molar refractivity (Wildman–Crippen MR) is 119 cm³/mol. The fraction of sp³-hybridized carbons (Fsp3) is 0.292. The predicted octanol–water partition coefficient (Wildman–Crippen LogP) is 1.65. The zero-order valence-electron chi connectivity index (χ0n) is 18.2. The summed E-state index contributed by atoms with van der Waals surface area (Å²) in [6.45, 7) is 3.11. The number of nitrogens with one attached hydrogen (secondary N) is 1. The molecular weight excluding hydrogens is 406 g/mol. The normalized spacial score (nSPS) is 12.9. The van der Waals surface area contributed by atoms with Crippen LogP contribution in [0.1, 0.15) is 43.1 Å². The Bertz CT molecular complexity index is 1220. The van der Waals surface area contributed by atoms with Gasteiger partial charge in [0.2, 0.25) is 0 Å². The van der Waals surface area contributed by atoms with Gasteiger partial charge < -0.3 is 14.8 Å². The second kappa shape index (κ2) is 9.13. The zero-order valence-corrected chi connectivity index (χ0v) is 18.2. The maximum Gasteiger partial charge on any atom is 0.263 e. The highest BCUT2D eigenvalue weighted by Crippen LogP contribution is 2.22. The Morgan fingerprint density at radius 1 is 1.22 bits per heavy atom. The molecule has 1 aliphatic rings. The number of pyridine rings is 1. The van der Waals surface area contributed by atoms with Crippen molar-refractivity contribution < 1.29 is 9.59 Å². The van der Waals surface area contributed by atoms with E-state index in [4.69, 9.17) is 0 Å². The second-order valence-electron chi connectivity index (χ2n) is 7.97. The summed E-state index contributed by atoms with van der Waals surface area (Å²) in [5, 5.41) is 2.83. The molecule has 0 radical (unpaired) electrons. The molecule has 1 N–H and O–H groups in total. The summed E-state index contributed by atoms with van der Waals surface area (Å²) in [5.74, 6) is -0.451. The Morgan fingerprint density at radius 2 is 2.06 bits per heavy atom. The highest BCUT2D eigenvalue weighted by Gasteiger charge is 2.28. The number of nitrogens with zero attached hydrogens (tertiary/aromatic N) is 4. The standard InChI is InChI=1S/C24H25N5O3/c1-16-4-3-5-17(12-16)23(31)29-11-7-20-18(15-29)14-28(2)24(32)21(20)22(30)27-8-6-19-13-25-9-10-26-19/h3-5,9-10,12-14H,6-8,11,15H2,1-2H3,(H,27,30). The van der Waals surface area contributed by atoms with Gasteiger partial charge in [-0.2, -0.15) is 0 Å². The average molecular weight is 431 g/mol. The Kier molecular flexibility index (Phi) is 6.11. The number of carbonyl (C=O) groups excluding carboxylic acids is 2. The van der Waals surface area contributed by atoms with E-state index in [9.17, 15) is 14.4 Å². The highest BCUT2D eigenvalue weighted by molar-refractivity contribution is 5.96. The molecule has 3 heterocycles. The van der Waals surface area contributed by atoms with Crippen molar-refractivity contribution in [1.82, 2.24) is 24.8 Å². The van der Waals surface area contributed by atoms with Gasteiger partial charge in [0, 0.05) is 63.5 Å². The molecule has 8 heteroatoms. The summed E-state index contributed by atoms with van der Waals surface area (Å²) >= 11 is 0. The van der Waals surface area contributed by atoms with Crippen LogP contribution in [0.2, 0.25) is 0 Å². The number of benzene rings is 1. The molecule has 0 atom stereocenters. The summed E-state index contributed by atoms with van der Waals surface area (Å²) in [7, 11) is 1.63. The third-order valence-electron chi connectivity index (χ3n) is 5.63. The number of rotatable bonds is 5. The summed E-state index contributed by atoms with van der Waals surface area (Å²) in [4.78, 5) is 48.6. The largest absolute Gasteiger partial charge is 0.351 e. The van der Waals surface area contributed by atoms with Crippen LogP contribution < -0.4 is 10.9 Å². The van der Waals surface area contributed by atoms with E-state index >= 15 is 0 Å². The lowest BCUT2D eigenvalue weighted by Crippen LogP contribution is -2.41. The van der Waals surface area contributed by atoms with E-state index in [1.807, 2.05) is 31.2 Å². The molecule has 0 unspecified atom stereocenters. The first-order valence-electron chi connectivity index (χ1n) is 10.5.